The second-order valence-corrected chi connectivity index (χ2v) is 8.09. The first kappa shape index (κ1) is 16.9. The number of carbonyl (C=O) groups is 1. The second-order valence-electron chi connectivity index (χ2n) is 6.27. The fourth-order valence-electron chi connectivity index (χ4n) is 3.24. The molecular weight excluding hydrogens is 326 g/mol. The zero-order valence-electron chi connectivity index (χ0n) is 14.0. The van der Waals surface area contributed by atoms with Crippen molar-refractivity contribution < 1.29 is 13.2 Å². The van der Waals surface area contributed by atoms with Crippen molar-refractivity contribution in [3.8, 4) is 0 Å². The number of Topliss-reactive ketones (excluding diaryl/α,β-unsaturated/α-hetero) is 1. The van der Waals surface area contributed by atoms with Gasteiger partial charge in [0, 0.05) is 12.1 Å². The minimum absolute atomic E-state index is 0.144. The molecule has 24 heavy (non-hydrogen) atoms. The molecule has 2 heterocycles. The van der Waals surface area contributed by atoms with E-state index >= 15 is 0 Å². The number of nitrogens with zero attached hydrogens (tertiary/aromatic N) is 2. The van der Waals surface area contributed by atoms with Gasteiger partial charge in [0.2, 0.25) is 10.0 Å². The number of nitrogens with one attached hydrogen (secondary N) is 1. The van der Waals surface area contributed by atoms with Crippen molar-refractivity contribution in [3.63, 3.8) is 0 Å². The topological polar surface area (TPSA) is 83.1 Å². The molecule has 0 bridgehead atoms. The molecule has 0 spiro atoms. The summed E-state index contributed by atoms with van der Waals surface area (Å²) in [5, 5.41) is 6.68. The smallest absolute Gasteiger partial charge is 0.247 e. The molecule has 1 aromatic heterocycles. The molecule has 3 rings (SSSR count). The predicted octanol–water partition coefficient (Wildman–Crippen LogP) is 2.37. The molecule has 1 atom stereocenters. The highest BCUT2D eigenvalue weighted by molar-refractivity contribution is 7.89. The number of hydrogen-bond acceptors (Lipinski definition) is 4. The number of aromatic nitrogens is 2. The van der Waals surface area contributed by atoms with Crippen LogP contribution < -0.4 is 0 Å². The Morgan fingerprint density at radius 2 is 1.88 bits per heavy atom. The molecule has 7 heteroatoms. The first-order valence-corrected chi connectivity index (χ1v) is 9.40. The molecule has 1 unspecified atom stereocenters. The van der Waals surface area contributed by atoms with Crippen LogP contribution in [-0.4, -0.2) is 41.3 Å². The van der Waals surface area contributed by atoms with Gasteiger partial charge in [0.25, 0.3) is 0 Å². The zero-order chi connectivity index (χ0) is 17.5. The van der Waals surface area contributed by atoms with Gasteiger partial charge in [-0.1, -0.05) is 29.8 Å². The van der Waals surface area contributed by atoms with Gasteiger partial charge in [-0.3, -0.25) is 9.89 Å². The van der Waals surface area contributed by atoms with E-state index in [-0.39, 0.29) is 10.7 Å². The van der Waals surface area contributed by atoms with Gasteiger partial charge in [0.05, 0.1) is 17.4 Å². The molecule has 0 aliphatic carbocycles. The number of ketones is 1. The largest absolute Gasteiger partial charge is 0.292 e. The maximum absolute atomic E-state index is 13.1. The van der Waals surface area contributed by atoms with E-state index < -0.39 is 16.1 Å². The summed E-state index contributed by atoms with van der Waals surface area (Å²) >= 11 is 0. The van der Waals surface area contributed by atoms with Crippen LogP contribution in [0.1, 0.15) is 40.2 Å². The maximum Gasteiger partial charge on any atom is 0.247 e. The van der Waals surface area contributed by atoms with Crippen molar-refractivity contribution in [1.82, 2.24) is 14.5 Å². The molecule has 1 fully saturated rings. The standard InChI is InChI=1S/C17H21N3O3S/c1-11-6-8-14(9-7-11)16(21)15-5-4-10-20(15)24(22,23)17-12(2)18-19-13(17)3/h6-9,15H,4-5,10H2,1-3H3,(H,18,19). The summed E-state index contributed by atoms with van der Waals surface area (Å²) in [6, 6.07) is 6.60. The highest BCUT2D eigenvalue weighted by Crippen LogP contribution is 2.30. The molecule has 2 aromatic rings. The third kappa shape index (κ3) is 2.78. The summed E-state index contributed by atoms with van der Waals surface area (Å²) in [5.41, 5.74) is 2.54. The zero-order valence-corrected chi connectivity index (χ0v) is 14.9. The van der Waals surface area contributed by atoms with Gasteiger partial charge in [-0.05, 0) is 33.6 Å². The van der Waals surface area contributed by atoms with Gasteiger partial charge in [-0.25, -0.2) is 8.42 Å². The van der Waals surface area contributed by atoms with Crippen LogP contribution in [0.2, 0.25) is 0 Å². The lowest BCUT2D eigenvalue weighted by atomic mass is 10.0. The Hall–Kier alpha value is -1.99. The van der Waals surface area contributed by atoms with Gasteiger partial charge in [0.15, 0.2) is 5.78 Å². The average molecular weight is 347 g/mol. The van der Waals surface area contributed by atoms with Crippen molar-refractivity contribution in [1.29, 1.82) is 0 Å². The lowest BCUT2D eigenvalue weighted by molar-refractivity contribution is 0.0918. The van der Waals surface area contributed by atoms with Crippen molar-refractivity contribution >= 4 is 15.8 Å². The Kier molecular flexibility index (Phi) is 4.31. The van der Waals surface area contributed by atoms with Crippen LogP contribution in [-0.2, 0) is 10.0 Å². The summed E-state index contributed by atoms with van der Waals surface area (Å²) in [4.78, 5) is 13.0. The first-order chi connectivity index (χ1) is 11.3. The number of H-pyrrole nitrogens is 1. The van der Waals surface area contributed by atoms with Gasteiger partial charge in [-0.2, -0.15) is 9.40 Å². The summed E-state index contributed by atoms with van der Waals surface area (Å²) in [6.07, 6.45) is 1.22. The number of sulfonamides is 1. The normalized spacial score (nSPS) is 18.9. The highest BCUT2D eigenvalue weighted by atomic mass is 32.2. The molecule has 1 aromatic carbocycles. The Morgan fingerprint density at radius 1 is 1.21 bits per heavy atom. The molecule has 1 saturated heterocycles. The van der Waals surface area contributed by atoms with Crippen molar-refractivity contribution in [2.45, 2.75) is 44.6 Å². The van der Waals surface area contributed by atoms with E-state index in [9.17, 15) is 13.2 Å². The average Bonchev–Trinajstić information content (AvgIpc) is 3.15. The van der Waals surface area contributed by atoms with Crippen LogP contribution in [0.15, 0.2) is 29.2 Å². The van der Waals surface area contributed by atoms with Crippen LogP contribution >= 0.6 is 0 Å². The van der Waals surface area contributed by atoms with E-state index in [1.165, 1.54) is 4.31 Å². The number of aryl methyl sites for hydroxylation is 3. The summed E-state index contributed by atoms with van der Waals surface area (Å²) < 4.78 is 27.4. The number of carbonyl (C=O) groups excluding carboxylic acids is 1. The van der Waals surface area contributed by atoms with E-state index in [1.54, 1.807) is 26.0 Å². The third-order valence-corrected chi connectivity index (χ3v) is 6.64. The number of benzene rings is 1. The molecule has 0 amide bonds. The molecule has 128 valence electrons. The summed E-state index contributed by atoms with van der Waals surface area (Å²) in [6.45, 7) is 5.64. The van der Waals surface area contributed by atoms with Crippen molar-refractivity contribution in [2.75, 3.05) is 6.54 Å². The van der Waals surface area contributed by atoms with Crippen LogP contribution in [0.25, 0.3) is 0 Å². The molecule has 1 N–H and O–H groups in total. The Balaban J connectivity index is 1.96. The fourth-order valence-corrected chi connectivity index (χ4v) is 5.23. The lowest BCUT2D eigenvalue weighted by Crippen LogP contribution is -2.40. The Morgan fingerprint density at radius 3 is 2.46 bits per heavy atom. The monoisotopic (exact) mass is 347 g/mol. The Labute approximate surface area is 141 Å². The highest BCUT2D eigenvalue weighted by Gasteiger charge is 2.41. The molecule has 1 aliphatic heterocycles. The van der Waals surface area contributed by atoms with Gasteiger partial charge in [0.1, 0.15) is 4.90 Å². The van der Waals surface area contributed by atoms with Gasteiger partial charge in [-0.15, -0.1) is 0 Å². The van der Waals surface area contributed by atoms with E-state index in [0.29, 0.717) is 36.3 Å². The minimum Gasteiger partial charge on any atom is -0.292 e. The predicted molar refractivity (Wildman–Crippen MR) is 90.5 cm³/mol. The quantitative estimate of drug-likeness (QED) is 0.861. The molecule has 0 saturated carbocycles. The number of rotatable bonds is 4. The van der Waals surface area contributed by atoms with Crippen molar-refractivity contribution in [3.05, 3.63) is 46.8 Å². The SMILES string of the molecule is Cc1ccc(C(=O)C2CCCN2S(=O)(=O)c2c(C)n[nH]c2C)cc1. The van der Waals surface area contributed by atoms with Crippen LogP contribution in [0, 0.1) is 20.8 Å². The van der Waals surface area contributed by atoms with Gasteiger partial charge >= 0.3 is 0 Å². The number of hydrogen-bond donors (Lipinski definition) is 1. The molecular formula is C17H21N3O3S. The van der Waals surface area contributed by atoms with Crippen LogP contribution in [0.4, 0.5) is 0 Å². The lowest BCUT2D eigenvalue weighted by Gasteiger charge is -2.23. The maximum atomic E-state index is 13.1. The fraction of sp³-hybridized carbons (Fsp3) is 0.412. The molecule has 6 nitrogen and oxygen atoms in total. The number of aromatic amines is 1. The van der Waals surface area contributed by atoms with Gasteiger partial charge < -0.3 is 0 Å². The summed E-state index contributed by atoms with van der Waals surface area (Å²) in [5.74, 6) is -0.144. The molecule has 1 aliphatic rings. The second kappa shape index (κ2) is 6.14. The molecule has 0 radical (unpaired) electrons. The minimum atomic E-state index is -3.75. The van der Waals surface area contributed by atoms with E-state index in [0.717, 1.165) is 5.56 Å². The van der Waals surface area contributed by atoms with E-state index in [4.69, 9.17) is 0 Å². The van der Waals surface area contributed by atoms with Crippen LogP contribution in [0.5, 0.6) is 0 Å². The summed E-state index contributed by atoms with van der Waals surface area (Å²) in [7, 11) is -3.75. The Bertz CT molecular complexity index is 849. The third-order valence-electron chi connectivity index (χ3n) is 4.47. The van der Waals surface area contributed by atoms with Crippen LogP contribution in [0.3, 0.4) is 0 Å². The van der Waals surface area contributed by atoms with E-state index in [2.05, 4.69) is 10.2 Å². The first-order valence-electron chi connectivity index (χ1n) is 7.96. The van der Waals surface area contributed by atoms with E-state index in [1.807, 2.05) is 19.1 Å². The van der Waals surface area contributed by atoms with Crippen molar-refractivity contribution in [2.24, 2.45) is 0 Å².